The number of hydrogen-bond donors (Lipinski definition) is 3. The van der Waals surface area contributed by atoms with Crippen LogP contribution in [-0.2, 0) is 14.4 Å². The summed E-state index contributed by atoms with van der Waals surface area (Å²) in [6, 6.07) is -0.623. The summed E-state index contributed by atoms with van der Waals surface area (Å²) in [4.78, 5) is 38.5. The number of hydrazine groups is 1. The minimum Gasteiger partial charge on any atom is -0.344 e. The molecular formula is C23H37N3O3. The number of hydrogen-bond acceptors (Lipinski definition) is 3. The fraction of sp³-hybridized carbons (Fsp3) is 0.870. The highest BCUT2D eigenvalue weighted by Crippen LogP contribution is 2.60. The molecule has 5 aliphatic carbocycles. The Morgan fingerprint density at radius 3 is 1.90 bits per heavy atom. The molecule has 4 bridgehead atoms. The van der Waals surface area contributed by atoms with Crippen molar-refractivity contribution in [2.45, 2.75) is 90.5 Å². The van der Waals surface area contributed by atoms with Gasteiger partial charge in [-0.05, 0) is 75.0 Å². The lowest BCUT2D eigenvalue weighted by Crippen LogP contribution is -2.60. The molecule has 0 unspecified atom stereocenters. The molecule has 5 fully saturated rings. The van der Waals surface area contributed by atoms with Crippen molar-refractivity contribution < 1.29 is 14.4 Å². The van der Waals surface area contributed by atoms with Gasteiger partial charge in [0, 0.05) is 11.3 Å². The molecule has 6 heteroatoms. The molecule has 0 spiro atoms. The van der Waals surface area contributed by atoms with Gasteiger partial charge in [0.2, 0.25) is 11.8 Å². The van der Waals surface area contributed by atoms with Crippen molar-refractivity contribution in [2.75, 3.05) is 0 Å². The Morgan fingerprint density at radius 2 is 1.38 bits per heavy atom. The first-order chi connectivity index (χ1) is 13.9. The van der Waals surface area contributed by atoms with E-state index in [1.807, 2.05) is 13.8 Å². The zero-order valence-corrected chi connectivity index (χ0v) is 18.0. The maximum atomic E-state index is 13.3. The molecule has 3 N–H and O–H groups in total. The monoisotopic (exact) mass is 403 g/mol. The van der Waals surface area contributed by atoms with E-state index < -0.39 is 6.04 Å². The Bertz CT molecular complexity index is 618. The number of carbonyl (C=O) groups is 3. The molecule has 0 aliphatic heterocycles. The lowest BCUT2D eigenvalue weighted by molar-refractivity contribution is -0.149. The lowest BCUT2D eigenvalue weighted by Gasteiger charge is -2.55. The minimum atomic E-state index is -0.623. The van der Waals surface area contributed by atoms with Gasteiger partial charge in [-0.2, -0.15) is 0 Å². The van der Waals surface area contributed by atoms with E-state index in [-0.39, 0.29) is 35.0 Å². The van der Waals surface area contributed by atoms with E-state index in [1.54, 1.807) is 0 Å². The molecular weight excluding hydrogens is 366 g/mol. The number of carbonyl (C=O) groups excluding carboxylic acids is 3. The van der Waals surface area contributed by atoms with Crippen LogP contribution in [0.1, 0.15) is 84.5 Å². The number of amides is 3. The standard InChI is InChI=1S/C23H37N3O3/c1-14(2)19(21(28)26-25-20(27)18-6-4-3-5-7-18)24-22(29)23-11-15-8-16(12-23)10-17(9-15)13-23/h14-19H,3-13H2,1-2H3,(H,24,29)(H,25,27)(H,26,28)/t15?,16?,17?,19-,23?/m1/s1. The van der Waals surface area contributed by atoms with E-state index >= 15 is 0 Å². The Hall–Kier alpha value is -1.59. The van der Waals surface area contributed by atoms with Crippen molar-refractivity contribution in [3.8, 4) is 0 Å². The van der Waals surface area contributed by atoms with Crippen LogP contribution in [0.15, 0.2) is 0 Å². The predicted octanol–water partition coefficient (Wildman–Crippen LogP) is 3.07. The summed E-state index contributed by atoms with van der Waals surface area (Å²) in [6.07, 6.45) is 11.9. The van der Waals surface area contributed by atoms with Crippen molar-refractivity contribution in [3.63, 3.8) is 0 Å². The third-order valence-corrected chi connectivity index (χ3v) is 8.04. The van der Waals surface area contributed by atoms with Crippen LogP contribution in [0.25, 0.3) is 0 Å². The van der Waals surface area contributed by atoms with Gasteiger partial charge in [-0.3, -0.25) is 25.2 Å². The zero-order chi connectivity index (χ0) is 20.6. The third kappa shape index (κ3) is 4.31. The van der Waals surface area contributed by atoms with Gasteiger partial charge < -0.3 is 5.32 Å². The lowest BCUT2D eigenvalue weighted by atomic mass is 9.49. The van der Waals surface area contributed by atoms with Gasteiger partial charge in [0.25, 0.3) is 5.91 Å². The average Bonchev–Trinajstić information content (AvgIpc) is 2.69. The average molecular weight is 404 g/mol. The van der Waals surface area contributed by atoms with Crippen LogP contribution in [0.4, 0.5) is 0 Å². The molecule has 0 aromatic rings. The molecule has 5 aliphatic rings. The normalized spacial score (nSPS) is 34.7. The summed E-state index contributed by atoms with van der Waals surface area (Å²) in [5, 5.41) is 3.07. The van der Waals surface area contributed by atoms with Crippen LogP contribution in [0.5, 0.6) is 0 Å². The quantitative estimate of drug-likeness (QED) is 0.617. The van der Waals surface area contributed by atoms with Crippen LogP contribution in [0, 0.1) is 35.0 Å². The Morgan fingerprint density at radius 1 is 0.828 bits per heavy atom. The molecule has 162 valence electrons. The first-order valence-corrected chi connectivity index (χ1v) is 11.8. The van der Waals surface area contributed by atoms with Gasteiger partial charge >= 0.3 is 0 Å². The molecule has 0 aromatic heterocycles. The Balaban J connectivity index is 1.34. The molecule has 1 atom stereocenters. The maximum absolute atomic E-state index is 13.3. The van der Waals surface area contributed by atoms with Gasteiger partial charge in [-0.15, -0.1) is 0 Å². The topological polar surface area (TPSA) is 87.3 Å². The maximum Gasteiger partial charge on any atom is 0.261 e. The smallest absolute Gasteiger partial charge is 0.261 e. The van der Waals surface area contributed by atoms with Gasteiger partial charge in [0.15, 0.2) is 0 Å². The molecule has 29 heavy (non-hydrogen) atoms. The highest BCUT2D eigenvalue weighted by atomic mass is 16.2. The van der Waals surface area contributed by atoms with E-state index in [9.17, 15) is 14.4 Å². The number of nitrogens with one attached hydrogen (secondary N) is 3. The van der Waals surface area contributed by atoms with E-state index in [0.717, 1.165) is 44.9 Å². The largest absolute Gasteiger partial charge is 0.344 e. The summed E-state index contributed by atoms with van der Waals surface area (Å²) in [6.45, 7) is 3.88. The Labute approximate surface area is 174 Å². The molecule has 0 aromatic carbocycles. The second kappa shape index (κ2) is 8.27. The molecule has 3 amide bonds. The first kappa shape index (κ1) is 20.7. The fourth-order valence-corrected chi connectivity index (χ4v) is 6.89. The third-order valence-electron chi connectivity index (χ3n) is 8.04. The van der Waals surface area contributed by atoms with Crippen molar-refractivity contribution in [2.24, 2.45) is 35.0 Å². The van der Waals surface area contributed by atoms with E-state index in [4.69, 9.17) is 0 Å². The van der Waals surface area contributed by atoms with Crippen LogP contribution in [-0.4, -0.2) is 23.8 Å². The summed E-state index contributed by atoms with van der Waals surface area (Å²) in [5.74, 6) is 1.65. The summed E-state index contributed by atoms with van der Waals surface area (Å²) in [7, 11) is 0. The first-order valence-electron chi connectivity index (χ1n) is 11.8. The molecule has 6 nitrogen and oxygen atoms in total. The van der Waals surface area contributed by atoms with Gasteiger partial charge in [-0.25, -0.2) is 0 Å². The minimum absolute atomic E-state index is 0.0110. The van der Waals surface area contributed by atoms with Gasteiger partial charge in [-0.1, -0.05) is 33.1 Å². The van der Waals surface area contributed by atoms with Crippen LogP contribution >= 0.6 is 0 Å². The predicted molar refractivity (Wildman–Crippen MR) is 110 cm³/mol. The molecule has 0 heterocycles. The Kier molecular flexibility index (Phi) is 5.90. The van der Waals surface area contributed by atoms with E-state index in [0.29, 0.717) is 17.8 Å². The molecule has 5 saturated carbocycles. The van der Waals surface area contributed by atoms with E-state index in [1.165, 1.54) is 25.7 Å². The van der Waals surface area contributed by atoms with Crippen LogP contribution < -0.4 is 16.2 Å². The summed E-state index contributed by atoms with van der Waals surface area (Å²) >= 11 is 0. The van der Waals surface area contributed by atoms with Crippen molar-refractivity contribution in [3.05, 3.63) is 0 Å². The van der Waals surface area contributed by atoms with Gasteiger partial charge in [0.1, 0.15) is 6.04 Å². The van der Waals surface area contributed by atoms with Crippen LogP contribution in [0.2, 0.25) is 0 Å². The number of rotatable bonds is 5. The van der Waals surface area contributed by atoms with Crippen molar-refractivity contribution in [1.82, 2.24) is 16.2 Å². The molecule has 0 saturated heterocycles. The highest BCUT2D eigenvalue weighted by Gasteiger charge is 2.55. The SMILES string of the molecule is CC(C)[C@@H](NC(=O)C12CC3CC(CC(C3)C1)C2)C(=O)NNC(=O)C1CCCCC1. The summed E-state index contributed by atoms with van der Waals surface area (Å²) < 4.78 is 0. The van der Waals surface area contributed by atoms with E-state index in [2.05, 4.69) is 16.2 Å². The fourth-order valence-electron chi connectivity index (χ4n) is 6.89. The summed E-state index contributed by atoms with van der Waals surface area (Å²) in [5.41, 5.74) is 4.92. The second-order valence-corrected chi connectivity index (χ2v) is 10.7. The van der Waals surface area contributed by atoms with Crippen LogP contribution in [0.3, 0.4) is 0 Å². The molecule has 0 radical (unpaired) electrons. The van der Waals surface area contributed by atoms with Gasteiger partial charge in [0.05, 0.1) is 0 Å². The zero-order valence-electron chi connectivity index (χ0n) is 18.0. The molecule has 5 rings (SSSR count). The van der Waals surface area contributed by atoms with Crippen molar-refractivity contribution in [1.29, 1.82) is 0 Å². The highest BCUT2D eigenvalue weighted by molar-refractivity contribution is 5.91. The second-order valence-electron chi connectivity index (χ2n) is 10.7. The van der Waals surface area contributed by atoms with Crippen molar-refractivity contribution >= 4 is 17.7 Å².